The van der Waals surface area contributed by atoms with Crippen molar-refractivity contribution in [3.8, 4) is 28.4 Å². The van der Waals surface area contributed by atoms with E-state index in [2.05, 4.69) is 19.8 Å². The monoisotopic (exact) mass is 545 g/mol. The lowest BCUT2D eigenvalue weighted by atomic mass is 10.0. The van der Waals surface area contributed by atoms with Gasteiger partial charge < -0.3 is 15.2 Å². The van der Waals surface area contributed by atoms with Crippen molar-refractivity contribution in [2.24, 2.45) is 4.99 Å². The second kappa shape index (κ2) is 12.9. The third kappa shape index (κ3) is 6.70. The molecule has 2 N–H and O–H groups in total. The predicted molar refractivity (Wildman–Crippen MR) is 143 cm³/mol. The minimum absolute atomic E-state index is 0.0512. The predicted octanol–water partition coefficient (Wildman–Crippen LogP) is 5.74. The van der Waals surface area contributed by atoms with Crippen LogP contribution >= 0.6 is 0 Å². The molecule has 0 radical (unpaired) electrons. The lowest BCUT2D eigenvalue weighted by Crippen LogP contribution is -2.24. The molecule has 0 aliphatic rings. The second-order valence-corrected chi connectivity index (χ2v) is 7.79. The number of anilines is 1. The fourth-order valence-electron chi connectivity index (χ4n) is 3.64. The maximum Gasteiger partial charge on any atom is 0.387 e. The van der Waals surface area contributed by atoms with Crippen molar-refractivity contribution in [3.05, 3.63) is 70.5 Å². The Morgan fingerprint density at radius 1 is 1.05 bits per heavy atom. The van der Waals surface area contributed by atoms with Gasteiger partial charge in [0.1, 0.15) is 16.8 Å². The highest BCUT2D eigenvalue weighted by molar-refractivity contribution is 6.03. The molecule has 0 aliphatic carbocycles. The lowest BCUT2D eigenvalue weighted by molar-refractivity contribution is -0.0498. The summed E-state index contributed by atoms with van der Waals surface area (Å²) in [6, 6.07) is 13.1. The van der Waals surface area contributed by atoms with Crippen LogP contribution in [0.2, 0.25) is 0 Å². The van der Waals surface area contributed by atoms with E-state index in [0.29, 0.717) is 28.2 Å². The molecule has 4 aromatic rings. The van der Waals surface area contributed by atoms with E-state index in [1.54, 1.807) is 32.2 Å². The SMILES string of the molecule is CC.CN=C(C)c1cc(-n2nc3ccc(OCC(F)F)nc3c(-c3ccc(OC(F)F)cc3)c2=O)ccc1N. The molecule has 12 heteroatoms. The normalized spacial score (nSPS) is 11.5. The van der Waals surface area contributed by atoms with Gasteiger partial charge in [0.25, 0.3) is 12.0 Å². The van der Waals surface area contributed by atoms with Crippen LogP contribution < -0.4 is 20.8 Å². The first-order chi connectivity index (χ1) is 18.7. The van der Waals surface area contributed by atoms with Gasteiger partial charge in [0.15, 0.2) is 6.61 Å². The van der Waals surface area contributed by atoms with E-state index in [9.17, 15) is 22.4 Å². The van der Waals surface area contributed by atoms with Gasteiger partial charge in [-0.1, -0.05) is 26.0 Å². The van der Waals surface area contributed by atoms with E-state index in [0.717, 1.165) is 4.68 Å². The van der Waals surface area contributed by atoms with Crippen molar-refractivity contribution < 1.29 is 27.0 Å². The molecule has 206 valence electrons. The second-order valence-electron chi connectivity index (χ2n) is 7.79. The highest BCUT2D eigenvalue weighted by Gasteiger charge is 2.19. The quantitative estimate of drug-likeness (QED) is 0.172. The molecule has 2 heterocycles. The van der Waals surface area contributed by atoms with Crippen LogP contribution in [0.5, 0.6) is 11.6 Å². The molecule has 39 heavy (non-hydrogen) atoms. The molecule has 2 aromatic carbocycles. The van der Waals surface area contributed by atoms with Crippen molar-refractivity contribution in [3.63, 3.8) is 0 Å². The Labute approximate surface area is 221 Å². The van der Waals surface area contributed by atoms with Crippen molar-refractivity contribution in [1.29, 1.82) is 0 Å². The summed E-state index contributed by atoms with van der Waals surface area (Å²) >= 11 is 0. The Hall–Kier alpha value is -4.48. The number of fused-ring (bicyclic) bond motifs is 1. The molecule has 0 saturated carbocycles. The van der Waals surface area contributed by atoms with Gasteiger partial charge in [0.05, 0.1) is 11.3 Å². The fourth-order valence-corrected chi connectivity index (χ4v) is 3.64. The van der Waals surface area contributed by atoms with Gasteiger partial charge in [-0.05, 0) is 48.9 Å². The van der Waals surface area contributed by atoms with E-state index < -0.39 is 25.2 Å². The number of nitrogens with two attached hydrogens (primary N) is 1. The molecular formula is C27H27F4N5O3. The molecule has 0 amide bonds. The van der Waals surface area contributed by atoms with Crippen molar-refractivity contribution in [2.45, 2.75) is 33.8 Å². The standard InChI is InChI=1S/C25H21F4N5O3.C2H6/c1-13(31-2)17-11-15(5-8-18(17)30)34-24(35)22(14-3-6-16(7-4-14)37-25(28)29)23-19(33-34)9-10-21(32-23)36-12-20(26)27;1-2/h3-11,20,25H,12,30H2,1-2H3;1-2H3. The van der Waals surface area contributed by atoms with E-state index in [1.165, 1.54) is 36.4 Å². The van der Waals surface area contributed by atoms with Crippen LogP contribution in [0.15, 0.2) is 64.4 Å². The molecular weight excluding hydrogens is 518 g/mol. The number of halogens is 4. The number of aromatic nitrogens is 3. The van der Waals surface area contributed by atoms with Gasteiger partial charge >= 0.3 is 6.61 Å². The molecule has 2 aromatic heterocycles. The number of pyridine rings is 1. The largest absolute Gasteiger partial charge is 0.472 e. The zero-order valence-corrected chi connectivity index (χ0v) is 21.7. The minimum Gasteiger partial charge on any atom is -0.472 e. The van der Waals surface area contributed by atoms with Gasteiger partial charge in [-0.3, -0.25) is 9.79 Å². The number of nitrogen functional groups attached to an aromatic ring is 1. The summed E-state index contributed by atoms with van der Waals surface area (Å²) in [6.45, 7) is 1.87. The Morgan fingerprint density at radius 2 is 1.74 bits per heavy atom. The molecule has 0 fully saturated rings. The highest BCUT2D eigenvalue weighted by Crippen LogP contribution is 2.28. The van der Waals surface area contributed by atoms with Crippen LogP contribution in [0.1, 0.15) is 26.3 Å². The third-order valence-electron chi connectivity index (χ3n) is 5.43. The fraction of sp³-hybridized carbons (Fsp3) is 0.259. The topological polar surface area (TPSA) is 105 Å². The molecule has 0 unspecified atom stereocenters. The molecule has 8 nitrogen and oxygen atoms in total. The van der Waals surface area contributed by atoms with Crippen molar-refractivity contribution in [1.82, 2.24) is 14.8 Å². The Balaban J connectivity index is 0.00000205. The molecule has 0 bridgehead atoms. The summed E-state index contributed by atoms with van der Waals surface area (Å²) in [5.41, 5.74) is 8.27. The number of hydrogen-bond acceptors (Lipinski definition) is 7. The van der Waals surface area contributed by atoms with Gasteiger partial charge in [0, 0.05) is 30.1 Å². The van der Waals surface area contributed by atoms with Gasteiger partial charge in [-0.25, -0.2) is 13.8 Å². The van der Waals surface area contributed by atoms with E-state index in [4.69, 9.17) is 10.5 Å². The lowest BCUT2D eigenvalue weighted by Gasteiger charge is -2.14. The smallest absolute Gasteiger partial charge is 0.387 e. The van der Waals surface area contributed by atoms with E-state index in [-0.39, 0.29) is 28.2 Å². The van der Waals surface area contributed by atoms with Crippen molar-refractivity contribution >= 4 is 22.4 Å². The summed E-state index contributed by atoms with van der Waals surface area (Å²) in [6.07, 6.45) is -2.72. The molecule has 0 spiro atoms. The first-order valence-corrected chi connectivity index (χ1v) is 11.9. The Morgan fingerprint density at radius 3 is 2.36 bits per heavy atom. The Kier molecular flexibility index (Phi) is 9.58. The maximum absolute atomic E-state index is 13.7. The average Bonchev–Trinajstić information content (AvgIpc) is 2.93. The van der Waals surface area contributed by atoms with Crippen LogP contribution in [-0.2, 0) is 0 Å². The van der Waals surface area contributed by atoms with E-state index in [1.807, 2.05) is 13.8 Å². The summed E-state index contributed by atoms with van der Waals surface area (Å²) in [5.74, 6) is -0.237. The number of ether oxygens (including phenoxy) is 2. The summed E-state index contributed by atoms with van der Waals surface area (Å²) in [5, 5.41) is 4.41. The summed E-state index contributed by atoms with van der Waals surface area (Å²) in [4.78, 5) is 22.1. The van der Waals surface area contributed by atoms with Crippen molar-refractivity contribution in [2.75, 3.05) is 19.4 Å². The van der Waals surface area contributed by atoms with Crippen LogP contribution in [0.3, 0.4) is 0 Å². The molecule has 0 atom stereocenters. The number of aliphatic imine (C=N–C) groups is 1. The van der Waals surface area contributed by atoms with Gasteiger partial charge in [-0.15, -0.1) is 0 Å². The molecule has 4 rings (SSSR count). The first-order valence-electron chi connectivity index (χ1n) is 11.9. The maximum atomic E-state index is 13.7. The van der Waals surface area contributed by atoms with Crippen LogP contribution in [-0.4, -0.2) is 47.2 Å². The number of benzene rings is 2. The minimum atomic E-state index is -3.02. The summed E-state index contributed by atoms with van der Waals surface area (Å²) < 4.78 is 61.1. The van der Waals surface area contributed by atoms with Gasteiger partial charge in [-0.2, -0.15) is 18.6 Å². The number of nitrogens with zero attached hydrogens (tertiary/aromatic N) is 4. The molecule has 0 saturated heterocycles. The van der Waals surface area contributed by atoms with Crippen LogP contribution in [0.4, 0.5) is 23.2 Å². The van der Waals surface area contributed by atoms with Crippen LogP contribution in [0, 0.1) is 0 Å². The number of hydrogen-bond donors (Lipinski definition) is 1. The highest BCUT2D eigenvalue weighted by atomic mass is 19.3. The third-order valence-corrected chi connectivity index (χ3v) is 5.43. The zero-order chi connectivity index (χ0) is 28.7. The summed E-state index contributed by atoms with van der Waals surface area (Å²) in [7, 11) is 1.61. The first kappa shape index (κ1) is 29.1. The van der Waals surface area contributed by atoms with Gasteiger partial charge in [0.2, 0.25) is 5.88 Å². The zero-order valence-electron chi connectivity index (χ0n) is 21.7. The van der Waals surface area contributed by atoms with E-state index >= 15 is 0 Å². The number of rotatable bonds is 8. The number of alkyl halides is 4. The van der Waals surface area contributed by atoms with Crippen LogP contribution in [0.25, 0.3) is 27.8 Å². The average molecular weight is 546 g/mol. The Bertz CT molecular complexity index is 1520. The molecule has 0 aliphatic heterocycles.